The SMILES string of the molecule is COCCOc1cc(C(=O)NC2C=c3[nH]cnc3=CC2)cc(-n2ccnc2)c1. The van der Waals surface area contributed by atoms with Crippen molar-refractivity contribution in [3.63, 3.8) is 0 Å². The van der Waals surface area contributed by atoms with Gasteiger partial charge in [-0.3, -0.25) is 4.79 Å². The molecule has 0 spiro atoms. The fraction of sp³-hybridized carbons (Fsp3) is 0.250. The molecule has 8 heteroatoms. The summed E-state index contributed by atoms with van der Waals surface area (Å²) in [6, 6.07) is 5.31. The van der Waals surface area contributed by atoms with Gasteiger partial charge < -0.3 is 24.3 Å². The Hall–Kier alpha value is -3.39. The van der Waals surface area contributed by atoms with E-state index in [4.69, 9.17) is 9.47 Å². The molecule has 1 aromatic carbocycles. The summed E-state index contributed by atoms with van der Waals surface area (Å²) in [5.74, 6) is 0.430. The molecule has 2 aromatic heterocycles. The van der Waals surface area contributed by atoms with Gasteiger partial charge in [0.05, 0.1) is 41.7 Å². The van der Waals surface area contributed by atoms with Crippen LogP contribution >= 0.6 is 0 Å². The van der Waals surface area contributed by atoms with Crippen molar-refractivity contribution in [2.75, 3.05) is 20.3 Å². The molecule has 0 aliphatic heterocycles. The first kappa shape index (κ1) is 18.0. The van der Waals surface area contributed by atoms with E-state index in [1.165, 1.54) is 0 Å². The fourth-order valence-corrected chi connectivity index (χ4v) is 3.07. The number of aromatic nitrogens is 4. The molecule has 3 aromatic rings. The number of aromatic amines is 1. The summed E-state index contributed by atoms with van der Waals surface area (Å²) in [5.41, 5.74) is 1.31. The highest BCUT2D eigenvalue weighted by Gasteiger charge is 2.16. The molecule has 8 nitrogen and oxygen atoms in total. The summed E-state index contributed by atoms with van der Waals surface area (Å²) in [5, 5.41) is 4.90. The zero-order chi connectivity index (χ0) is 19.3. The van der Waals surface area contributed by atoms with Crippen molar-refractivity contribution in [2.45, 2.75) is 12.5 Å². The summed E-state index contributed by atoms with van der Waals surface area (Å²) in [6.07, 6.45) is 11.5. The zero-order valence-electron chi connectivity index (χ0n) is 15.5. The van der Waals surface area contributed by atoms with Gasteiger partial charge in [0.1, 0.15) is 12.4 Å². The van der Waals surface area contributed by atoms with Crippen molar-refractivity contribution in [3.8, 4) is 11.4 Å². The number of carbonyl (C=O) groups is 1. The first-order valence-electron chi connectivity index (χ1n) is 9.00. The van der Waals surface area contributed by atoms with Crippen LogP contribution in [0.4, 0.5) is 0 Å². The minimum absolute atomic E-state index is 0.102. The maximum Gasteiger partial charge on any atom is 0.251 e. The molecule has 1 unspecified atom stereocenters. The lowest BCUT2D eigenvalue weighted by molar-refractivity contribution is 0.0946. The van der Waals surface area contributed by atoms with Crippen LogP contribution in [0.15, 0.2) is 43.2 Å². The molecule has 0 fully saturated rings. The molecule has 1 amide bonds. The van der Waals surface area contributed by atoms with Crippen LogP contribution in [-0.4, -0.2) is 51.8 Å². The number of ether oxygens (including phenoxy) is 2. The maximum absolute atomic E-state index is 12.9. The van der Waals surface area contributed by atoms with Crippen molar-refractivity contribution < 1.29 is 14.3 Å². The van der Waals surface area contributed by atoms with Crippen molar-refractivity contribution in [1.82, 2.24) is 24.8 Å². The summed E-state index contributed by atoms with van der Waals surface area (Å²) in [7, 11) is 1.62. The molecule has 0 saturated heterocycles. The normalized spacial score (nSPS) is 15.2. The summed E-state index contributed by atoms with van der Waals surface area (Å²) >= 11 is 0. The molecule has 144 valence electrons. The summed E-state index contributed by atoms with van der Waals surface area (Å²) in [4.78, 5) is 24.3. The third kappa shape index (κ3) is 3.96. The average molecular weight is 379 g/mol. The van der Waals surface area contributed by atoms with Gasteiger partial charge in [0.2, 0.25) is 0 Å². The molecule has 1 aliphatic carbocycles. The monoisotopic (exact) mass is 379 g/mol. The molecule has 4 rings (SSSR count). The molecule has 1 atom stereocenters. The van der Waals surface area contributed by atoms with Crippen LogP contribution in [0.5, 0.6) is 5.75 Å². The lowest BCUT2D eigenvalue weighted by Gasteiger charge is -2.16. The molecule has 0 bridgehead atoms. The van der Waals surface area contributed by atoms with Gasteiger partial charge in [-0.1, -0.05) is 6.08 Å². The Bertz CT molecular complexity index is 1070. The second kappa shape index (κ2) is 8.10. The quantitative estimate of drug-likeness (QED) is 0.579. The second-order valence-corrected chi connectivity index (χ2v) is 6.41. The van der Waals surface area contributed by atoms with Crippen LogP contribution in [0, 0.1) is 0 Å². The Morgan fingerprint density at radius 1 is 1.36 bits per heavy atom. The Morgan fingerprint density at radius 3 is 3.11 bits per heavy atom. The molecular formula is C20H21N5O3. The van der Waals surface area contributed by atoms with Gasteiger partial charge in [-0.05, 0) is 24.6 Å². The van der Waals surface area contributed by atoms with Crippen LogP contribution in [0.2, 0.25) is 0 Å². The maximum atomic E-state index is 12.9. The van der Waals surface area contributed by atoms with E-state index in [-0.39, 0.29) is 11.9 Å². The molecule has 1 aliphatic rings. The number of hydrogen-bond acceptors (Lipinski definition) is 5. The van der Waals surface area contributed by atoms with E-state index in [0.717, 1.165) is 16.4 Å². The second-order valence-electron chi connectivity index (χ2n) is 6.41. The Balaban J connectivity index is 1.57. The molecule has 0 radical (unpaired) electrons. The number of imidazole rings is 2. The smallest absolute Gasteiger partial charge is 0.251 e. The van der Waals surface area contributed by atoms with Crippen LogP contribution < -0.4 is 20.8 Å². The molecule has 2 N–H and O–H groups in total. The van der Waals surface area contributed by atoms with Crippen molar-refractivity contribution in [1.29, 1.82) is 0 Å². The predicted octanol–water partition coefficient (Wildman–Crippen LogP) is 0.384. The van der Waals surface area contributed by atoms with Gasteiger partial charge in [-0.2, -0.15) is 0 Å². The molecule has 2 heterocycles. The first-order chi connectivity index (χ1) is 13.7. The largest absolute Gasteiger partial charge is 0.491 e. The Labute approximate surface area is 161 Å². The van der Waals surface area contributed by atoms with E-state index in [9.17, 15) is 4.79 Å². The lowest BCUT2D eigenvalue weighted by atomic mass is 10.1. The fourth-order valence-electron chi connectivity index (χ4n) is 3.07. The van der Waals surface area contributed by atoms with E-state index in [0.29, 0.717) is 30.9 Å². The van der Waals surface area contributed by atoms with Gasteiger partial charge in [0, 0.05) is 31.1 Å². The summed E-state index contributed by atoms with van der Waals surface area (Å²) in [6.45, 7) is 0.870. The number of benzene rings is 1. The highest BCUT2D eigenvalue weighted by molar-refractivity contribution is 5.96. The van der Waals surface area contributed by atoms with Crippen molar-refractivity contribution >= 4 is 18.1 Å². The highest BCUT2D eigenvalue weighted by Crippen LogP contribution is 2.21. The third-order valence-corrected chi connectivity index (χ3v) is 4.46. The first-order valence-corrected chi connectivity index (χ1v) is 9.00. The van der Waals surface area contributed by atoms with Crippen LogP contribution in [0.3, 0.4) is 0 Å². The number of carbonyl (C=O) groups excluding carboxylic acids is 1. The van der Waals surface area contributed by atoms with Gasteiger partial charge in [0.15, 0.2) is 0 Å². The Morgan fingerprint density at radius 2 is 2.29 bits per heavy atom. The number of H-pyrrole nitrogens is 1. The number of rotatable bonds is 7. The lowest BCUT2D eigenvalue weighted by Crippen LogP contribution is -2.40. The van der Waals surface area contributed by atoms with E-state index in [1.54, 1.807) is 32.0 Å². The zero-order valence-corrected chi connectivity index (χ0v) is 15.5. The third-order valence-electron chi connectivity index (χ3n) is 4.46. The minimum Gasteiger partial charge on any atom is -0.491 e. The van der Waals surface area contributed by atoms with Gasteiger partial charge in [-0.15, -0.1) is 0 Å². The topological polar surface area (TPSA) is 94.1 Å². The van der Waals surface area contributed by atoms with Gasteiger partial charge >= 0.3 is 0 Å². The highest BCUT2D eigenvalue weighted by atomic mass is 16.5. The Kier molecular flexibility index (Phi) is 5.20. The van der Waals surface area contributed by atoms with Gasteiger partial charge in [0.25, 0.3) is 5.91 Å². The van der Waals surface area contributed by atoms with Crippen molar-refractivity contribution in [3.05, 3.63) is 59.5 Å². The van der Waals surface area contributed by atoms with Crippen LogP contribution in [0.1, 0.15) is 16.8 Å². The molecule has 28 heavy (non-hydrogen) atoms. The van der Waals surface area contributed by atoms with E-state index in [2.05, 4.69) is 20.3 Å². The van der Waals surface area contributed by atoms with E-state index >= 15 is 0 Å². The predicted molar refractivity (Wildman–Crippen MR) is 104 cm³/mol. The minimum atomic E-state index is -0.170. The van der Waals surface area contributed by atoms with E-state index in [1.807, 2.05) is 35.0 Å². The number of nitrogens with zero attached hydrogens (tertiary/aromatic N) is 3. The molecule has 0 saturated carbocycles. The standard InChI is InChI=1S/C20H21N5O3/c1-27-6-7-28-17-9-14(8-16(11-17)25-5-4-21-13-25)20(26)24-15-2-3-18-19(10-15)23-12-22-18/h3-5,8-13,15H,2,6-7H2,1H3,(H,22,23)(H,24,26). The van der Waals surface area contributed by atoms with Crippen molar-refractivity contribution in [2.24, 2.45) is 0 Å². The van der Waals surface area contributed by atoms with E-state index < -0.39 is 0 Å². The number of methoxy groups -OCH3 is 1. The average Bonchev–Trinajstić information content (AvgIpc) is 3.39. The number of hydrogen-bond donors (Lipinski definition) is 2. The van der Waals surface area contributed by atoms with Crippen LogP contribution in [0.25, 0.3) is 17.8 Å². The van der Waals surface area contributed by atoms with Crippen LogP contribution in [-0.2, 0) is 4.74 Å². The molecular weight excluding hydrogens is 358 g/mol. The number of fused-ring (bicyclic) bond motifs is 1. The summed E-state index contributed by atoms with van der Waals surface area (Å²) < 4.78 is 12.6. The number of nitrogens with one attached hydrogen (secondary N) is 2. The van der Waals surface area contributed by atoms with Gasteiger partial charge in [-0.25, -0.2) is 9.97 Å². The number of amides is 1.